The Balaban J connectivity index is 2.04. The Labute approximate surface area is 116 Å². The fourth-order valence-electron chi connectivity index (χ4n) is 1.75. The Morgan fingerprint density at radius 1 is 1.37 bits per heavy atom. The van der Waals surface area contributed by atoms with Gasteiger partial charge < -0.3 is 14.4 Å². The zero-order valence-corrected chi connectivity index (χ0v) is 12.6. The molecule has 0 unspecified atom stereocenters. The SMILES string of the molecule is C=[N+](C)CCCCOC1CN(C(=O)OC(C)(C)C)C1. The highest BCUT2D eigenvalue weighted by atomic mass is 16.6. The molecule has 1 rings (SSSR count). The van der Waals surface area contributed by atoms with Gasteiger partial charge in [0, 0.05) is 13.0 Å². The quantitative estimate of drug-likeness (QED) is 0.420. The fourth-order valence-corrected chi connectivity index (χ4v) is 1.75. The van der Waals surface area contributed by atoms with E-state index in [1.54, 1.807) is 4.90 Å². The van der Waals surface area contributed by atoms with Crippen LogP contribution < -0.4 is 0 Å². The van der Waals surface area contributed by atoms with Crippen molar-refractivity contribution in [2.75, 3.05) is 33.3 Å². The number of rotatable bonds is 6. The molecule has 0 aromatic carbocycles. The summed E-state index contributed by atoms with van der Waals surface area (Å²) < 4.78 is 12.9. The Kier molecular flexibility index (Phi) is 5.79. The second-order valence-corrected chi connectivity index (χ2v) is 6.16. The maximum Gasteiger partial charge on any atom is 0.410 e. The molecule has 0 bridgehead atoms. The lowest BCUT2D eigenvalue weighted by Gasteiger charge is -2.39. The van der Waals surface area contributed by atoms with Gasteiger partial charge in [-0.05, 0) is 27.2 Å². The number of ether oxygens (including phenoxy) is 2. The molecule has 110 valence electrons. The van der Waals surface area contributed by atoms with Gasteiger partial charge in [0.25, 0.3) is 0 Å². The van der Waals surface area contributed by atoms with Crippen LogP contribution in [-0.4, -0.2) is 67.3 Å². The molecular formula is C14H27N2O3+. The average Bonchev–Trinajstić information content (AvgIpc) is 2.16. The second kappa shape index (κ2) is 6.89. The molecule has 0 radical (unpaired) electrons. The van der Waals surface area contributed by atoms with Crippen molar-refractivity contribution in [3.8, 4) is 0 Å². The van der Waals surface area contributed by atoms with Crippen LogP contribution in [0.1, 0.15) is 33.6 Å². The van der Waals surface area contributed by atoms with Crippen molar-refractivity contribution in [2.24, 2.45) is 0 Å². The third-order valence-electron chi connectivity index (χ3n) is 2.79. The summed E-state index contributed by atoms with van der Waals surface area (Å²) in [6.07, 6.45) is 2.04. The van der Waals surface area contributed by atoms with E-state index in [1.165, 1.54) is 0 Å². The lowest BCUT2D eigenvalue weighted by molar-refractivity contribution is -0.489. The van der Waals surface area contributed by atoms with E-state index in [2.05, 4.69) is 6.72 Å². The van der Waals surface area contributed by atoms with Gasteiger partial charge in [-0.1, -0.05) is 0 Å². The van der Waals surface area contributed by atoms with Crippen molar-refractivity contribution in [3.05, 3.63) is 0 Å². The van der Waals surface area contributed by atoms with Gasteiger partial charge in [0.05, 0.1) is 19.2 Å². The Morgan fingerprint density at radius 3 is 2.53 bits per heavy atom. The first-order chi connectivity index (χ1) is 8.78. The smallest absolute Gasteiger partial charge is 0.410 e. The maximum absolute atomic E-state index is 11.7. The number of hydrogen-bond donors (Lipinski definition) is 0. The molecule has 1 fully saturated rings. The minimum absolute atomic E-state index is 0.171. The highest BCUT2D eigenvalue weighted by Gasteiger charge is 2.34. The molecule has 1 aliphatic rings. The molecule has 0 atom stereocenters. The lowest BCUT2D eigenvalue weighted by atomic mass is 10.1. The monoisotopic (exact) mass is 271 g/mol. The summed E-state index contributed by atoms with van der Waals surface area (Å²) in [7, 11) is 1.96. The van der Waals surface area contributed by atoms with Crippen LogP contribution in [0.3, 0.4) is 0 Å². The number of nitrogens with zero attached hydrogens (tertiary/aromatic N) is 2. The van der Waals surface area contributed by atoms with E-state index in [1.807, 2.05) is 32.4 Å². The normalized spacial score (nSPS) is 16.1. The van der Waals surface area contributed by atoms with E-state index in [0.717, 1.165) is 26.0 Å². The highest BCUT2D eigenvalue weighted by Crippen LogP contribution is 2.17. The van der Waals surface area contributed by atoms with Crippen LogP contribution in [0.4, 0.5) is 4.79 Å². The number of carbonyl (C=O) groups is 1. The van der Waals surface area contributed by atoms with Crippen molar-refractivity contribution >= 4 is 12.8 Å². The van der Waals surface area contributed by atoms with Gasteiger partial charge in [-0.25, -0.2) is 9.37 Å². The molecular weight excluding hydrogens is 244 g/mol. The minimum Gasteiger partial charge on any atom is -0.444 e. The standard InChI is InChI=1S/C14H27N2O3/c1-14(2,3)19-13(17)16-10-12(11-16)18-9-7-6-8-15(4)5/h12H,4,6-11H2,1-3,5H3/q+1. The van der Waals surface area contributed by atoms with Crippen LogP contribution in [-0.2, 0) is 9.47 Å². The molecule has 0 N–H and O–H groups in total. The first kappa shape index (κ1) is 16.0. The number of amides is 1. The zero-order chi connectivity index (χ0) is 14.5. The van der Waals surface area contributed by atoms with E-state index in [0.29, 0.717) is 13.1 Å². The largest absolute Gasteiger partial charge is 0.444 e. The van der Waals surface area contributed by atoms with Crippen molar-refractivity contribution in [3.63, 3.8) is 0 Å². The van der Waals surface area contributed by atoms with Crippen LogP contribution in [0.5, 0.6) is 0 Å². The fraction of sp³-hybridized carbons (Fsp3) is 0.857. The minimum atomic E-state index is -0.427. The first-order valence-electron chi connectivity index (χ1n) is 6.89. The van der Waals surface area contributed by atoms with Crippen molar-refractivity contribution in [2.45, 2.75) is 45.3 Å². The molecule has 1 aliphatic heterocycles. The first-order valence-corrected chi connectivity index (χ1v) is 6.89. The predicted octanol–water partition coefficient (Wildman–Crippen LogP) is 1.75. The second-order valence-electron chi connectivity index (χ2n) is 6.16. The number of likely N-dealkylation sites (tertiary alicyclic amines) is 1. The summed E-state index contributed by atoms with van der Waals surface area (Å²) in [5.74, 6) is 0. The molecule has 0 aliphatic carbocycles. The van der Waals surface area contributed by atoms with Crippen LogP contribution in [0.25, 0.3) is 0 Å². The van der Waals surface area contributed by atoms with Gasteiger partial charge in [-0.3, -0.25) is 0 Å². The van der Waals surface area contributed by atoms with Crippen LogP contribution >= 0.6 is 0 Å². The molecule has 19 heavy (non-hydrogen) atoms. The van der Waals surface area contributed by atoms with Crippen LogP contribution in [0.2, 0.25) is 0 Å². The molecule has 0 aromatic rings. The molecule has 0 spiro atoms. The summed E-state index contributed by atoms with van der Waals surface area (Å²) in [5, 5.41) is 0. The van der Waals surface area contributed by atoms with E-state index >= 15 is 0 Å². The number of unbranched alkanes of at least 4 members (excludes halogenated alkanes) is 1. The summed E-state index contributed by atoms with van der Waals surface area (Å²) in [6.45, 7) is 12.4. The Bertz CT molecular complexity index is 317. The number of carbonyl (C=O) groups excluding carboxylic acids is 1. The van der Waals surface area contributed by atoms with Gasteiger partial charge in [-0.15, -0.1) is 0 Å². The topological polar surface area (TPSA) is 41.8 Å². The molecule has 0 saturated carbocycles. The number of hydrogen-bond acceptors (Lipinski definition) is 3. The maximum atomic E-state index is 11.7. The zero-order valence-electron chi connectivity index (χ0n) is 12.6. The molecule has 1 amide bonds. The van der Waals surface area contributed by atoms with Gasteiger partial charge in [0.1, 0.15) is 25.9 Å². The Hall–Kier alpha value is -1.10. The van der Waals surface area contributed by atoms with Crippen LogP contribution in [0, 0.1) is 0 Å². The molecule has 0 aromatic heterocycles. The highest BCUT2D eigenvalue weighted by molar-refractivity contribution is 5.69. The molecule has 5 nitrogen and oxygen atoms in total. The van der Waals surface area contributed by atoms with Crippen LogP contribution in [0.15, 0.2) is 0 Å². The van der Waals surface area contributed by atoms with Gasteiger partial charge in [0.2, 0.25) is 0 Å². The van der Waals surface area contributed by atoms with E-state index in [4.69, 9.17) is 9.47 Å². The van der Waals surface area contributed by atoms with E-state index in [9.17, 15) is 4.79 Å². The summed E-state index contributed by atoms with van der Waals surface area (Å²) in [5.41, 5.74) is -0.427. The van der Waals surface area contributed by atoms with Crippen molar-refractivity contribution in [1.82, 2.24) is 4.90 Å². The van der Waals surface area contributed by atoms with Crippen molar-refractivity contribution < 1.29 is 18.8 Å². The summed E-state index contributed by atoms with van der Waals surface area (Å²) in [4.78, 5) is 13.4. The Morgan fingerprint density at radius 2 is 2.00 bits per heavy atom. The predicted molar refractivity (Wildman–Crippen MR) is 75.0 cm³/mol. The van der Waals surface area contributed by atoms with E-state index < -0.39 is 5.60 Å². The average molecular weight is 271 g/mol. The lowest BCUT2D eigenvalue weighted by Crippen LogP contribution is -2.55. The molecule has 5 heteroatoms. The molecule has 1 heterocycles. The van der Waals surface area contributed by atoms with Gasteiger partial charge >= 0.3 is 6.09 Å². The third kappa shape index (κ3) is 6.57. The summed E-state index contributed by atoms with van der Waals surface area (Å²) in [6, 6.07) is 0. The van der Waals surface area contributed by atoms with Gasteiger partial charge in [-0.2, -0.15) is 0 Å². The third-order valence-corrected chi connectivity index (χ3v) is 2.79. The summed E-state index contributed by atoms with van der Waals surface area (Å²) >= 11 is 0. The van der Waals surface area contributed by atoms with E-state index in [-0.39, 0.29) is 12.2 Å². The van der Waals surface area contributed by atoms with Gasteiger partial charge in [0.15, 0.2) is 0 Å². The molecule has 1 saturated heterocycles. The van der Waals surface area contributed by atoms with Crippen molar-refractivity contribution in [1.29, 1.82) is 0 Å².